The summed E-state index contributed by atoms with van der Waals surface area (Å²) < 4.78 is 13.0. The van der Waals surface area contributed by atoms with Crippen LogP contribution in [0, 0.1) is 15.9 Å². The quantitative estimate of drug-likeness (QED) is 0.429. The molecule has 0 aliphatic carbocycles. The molecule has 2 atom stereocenters. The average Bonchev–Trinajstić information content (AvgIpc) is 3.13. The van der Waals surface area contributed by atoms with Crippen molar-refractivity contribution in [3.8, 4) is 0 Å². The number of non-ortho nitro benzene ring substituents is 1. The third-order valence-corrected chi connectivity index (χ3v) is 3.98. The molecule has 0 aromatic heterocycles. The number of halogens is 1. The number of hydrazine groups is 1. The van der Waals surface area contributed by atoms with Crippen molar-refractivity contribution in [2.24, 2.45) is 5.10 Å². The molecule has 0 saturated carbocycles. The van der Waals surface area contributed by atoms with E-state index in [0.717, 1.165) is 5.56 Å². The van der Waals surface area contributed by atoms with E-state index in [9.17, 15) is 19.3 Å². The molecule has 1 saturated heterocycles. The summed E-state index contributed by atoms with van der Waals surface area (Å²) in [6.45, 7) is 0. The van der Waals surface area contributed by atoms with Gasteiger partial charge in [0.1, 0.15) is 11.9 Å². The lowest BCUT2D eigenvalue weighted by Gasteiger charge is -2.09. The summed E-state index contributed by atoms with van der Waals surface area (Å²) >= 11 is 0. The Labute approximate surface area is 148 Å². The molecule has 26 heavy (non-hydrogen) atoms. The van der Waals surface area contributed by atoms with Gasteiger partial charge >= 0.3 is 0 Å². The van der Waals surface area contributed by atoms with E-state index in [1.54, 1.807) is 12.1 Å². The van der Waals surface area contributed by atoms with Crippen LogP contribution < -0.4 is 16.3 Å². The first-order chi connectivity index (χ1) is 12.5. The third kappa shape index (κ3) is 4.26. The minimum absolute atomic E-state index is 0.0146. The number of hydrogen-bond donors (Lipinski definition) is 3. The highest BCUT2D eigenvalue weighted by atomic mass is 19.1. The second kappa shape index (κ2) is 7.81. The summed E-state index contributed by atoms with van der Waals surface area (Å²) in [5.74, 6) is -0.630. The van der Waals surface area contributed by atoms with Crippen LogP contribution in [0.1, 0.15) is 23.6 Å². The van der Waals surface area contributed by atoms with Gasteiger partial charge in [-0.15, -0.1) is 0 Å². The second-order valence-corrected chi connectivity index (χ2v) is 5.76. The van der Waals surface area contributed by atoms with Gasteiger partial charge in [0, 0.05) is 18.2 Å². The minimum Gasteiger partial charge on any atom is -0.271 e. The number of rotatable bonds is 5. The summed E-state index contributed by atoms with van der Waals surface area (Å²) in [5, 5.41) is 14.4. The number of amides is 1. The number of nitro groups is 1. The molecule has 2 unspecified atom stereocenters. The van der Waals surface area contributed by atoms with E-state index in [1.165, 1.54) is 42.6 Å². The third-order valence-electron chi connectivity index (χ3n) is 3.98. The van der Waals surface area contributed by atoms with Crippen molar-refractivity contribution in [2.75, 3.05) is 0 Å². The number of hydrogen-bond acceptors (Lipinski definition) is 6. The van der Waals surface area contributed by atoms with Gasteiger partial charge in [-0.25, -0.2) is 20.7 Å². The maximum Gasteiger partial charge on any atom is 0.269 e. The van der Waals surface area contributed by atoms with E-state index < -0.39 is 11.0 Å². The Morgan fingerprint density at radius 1 is 1.19 bits per heavy atom. The summed E-state index contributed by atoms with van der Waals surface area (Å²) in [4.78, 5) is 22.2. The zero-order valence-electron chi connectivity index (χ0n) is 13.6. The van der Waals surface area contributed by atoms with E-state index in [4.69, 9.17) is 0 Å². The number of hydrazone groups is 1. The first kappa shape index (κ1) is 17.6. The van der Waals surface area contributed by atoms with Crippen molar-refractivity contribution in [2.45, 2.75) is 18.5 Å². The van der Waals surface area contributed by atoms with Crippen molar-refractivity contribution in [1.29, 1.82) is 0 Å². The number of nitrogens with zero attached hydrogens (tertiary/aromatic N) is 2. The van der Waals surface area contributed by atoms with Crippen molar-refractivity contribution in [1.82, 2.24) is 16.3 Å². The second-order valence-electron chi connectivity index (χ2n) is 5.76. The highest BCUT2D eigenvalue weighted by Crippen LogP contribution is 2.22. The summed E-state index contributed by atoms with van der Waals surface area (Å²) in [7, 11) is 0. The van der Waals surface area contributed by atoms with E-state index in [0.29, 0.717) is 12.0 Å². The summed E-state index contributed by atoms with van der Waals surface area (Å²) in [6.07, 6.45) is 1.89. The maximum absolute atomic E-state index is 13.0. The molecule has 3 rings (SSSR count). The standard InChI is InChI=1S/C17H16FN5O3/c18-13-5-3-12(4-6-13)15-9-16(21-20-15)17(24)22-19-10-11-1-7-14(8-2-11)23(25)26/h1-8,10,15-16,20-21H,9H2,(H,22,24)/b19-10+. The van der Waals surface area contributed by atoms with Crippen molar-refractivity contribution in [3.63, 3.8) is 0 Å². The van der Waals surface area contributed by atoms with Crippen molar-refractivity contribution in [3.05, 3.63) is 75.6 Å². The number of benzene rings is 2. The monoisotopic (exact) mass is 357 g/mol. The fourth-order valence-corrected chi connectivity index (χ4v) is 2.57. The summed E-state index contributed by atoms with van der Waals surface area (Å²) in [6, 6.07) is 11.3. The van der Waals surface area contributed by atoms with E-state index in [1.807, 2.05) is 0 Å². The van der Waals surface area contributed by atoms with Gasteiger partial charge in [0.05, 0.1) is 11.1 Å². The molecule has 1 aliphatic rings. The van der Waals surface area contributed by atoms with Gasteiger partial charge in [-0.2, -0.15) is 5.10 Å². The molecular weight excluding hydrogens is 341 g/mol. The Morgan fingerprint density at radius 3 is 2.54 bits per heavy atom. The van der Waals surface area contributed by atoms with Gasteiger partial charge in [-0.05, 0) is 41.8 Å². The first-order valence-corrected chi connectivity index (χ1v) is 7.87. The van der Waals surface area contributed by atoms with Crippen LogP contribution in [-0.2, 0) is 4.79 Å². The maximum atomic E-state index is 13.0. The molecule has 2 aromatic carbocycles. The van der Waals surface area contributed by atoms with Crippen LogP contribution in [0.5, 0.6) is 0 Å². The fraction of sp³-hybridized carbons (Fsp3) is 0.176. The van der Waals surface area contributed by atoms with Gasteiger partial charge in [0.25, 0.3) is 11.6 Å². The largest absolute Gasteiger partial charge is 0.271 e. The molecule has 3 N–H and O–H groups in total. The number of nitrogens with one attached hydrogen (secondary N) is 3. The molecular formula is C17H16FN5O3. The van der Waals surface area contributed by atoms with Crippen LogP contribution in [0.3, 0.4) is 0 Å². The van der Waals surface area contributed by atoms with E-state index >= 15 is 0 Å². The molecule has 1 fully saturated rings. The smallest absolute Gasteiger partial charge is 0.269 e. The van der Waals surface area contributed by atoms with Crippen molar-refractivity contribution >= 4 is 17.8 Å². The topological polar surface area (TPSA) is 109 Å². The molecule has 1 aliphatic heterocycles. The number of nitro benzene ring substituents is 1. The van der Waals surface area contributed by atoms with Crippen LogP contribution in [-0.4, -0.2) is 23.1 Å². The fourth-order valence-electron chi connectivity index (χ4n) is 2.57. The van der Waals surface area contributed by atoms with Gasteiger partial charge in [0.2, 0.25) is 0 Å². The predicted molar refractivity (Wildman–Crippen MR) is 92.7 cm³/mol. The molecule has 134 valence electrons. The van der Waals surface area contributed by atoms with Gasteiger partial charge in [0.15, 0.2) is 0 Å². The minimum atomic E-state index is -0.487. The SMILES string of the molecule is O=C(N/N=C/c1ccc([N+](=O)[O-])cc1)C1CC(c2ccc(F)cc2)NN1. The van der Waals surface area contributed by atoms with Crippen LogP contribution >= 0.6 is 0 Å². The molecule has 0 radical (unpaired) electrons. The molecule has 1 amide bonds. The molecule has 1 heterocycles. The Morgan fingerprint density at radius 2 is 1.88 bits per heavy atom. The van der Waals surface area contributed by atoms with Crippen LogP contribution in [0.25, 0.3) is 0 Å². The Kier molecular flexibility index (Phi) is 5.30. The lowest BCUT2D eigenvalue weighted by atomic mass is 10.0. The first-order valence-electron chi connectivity index (χ1n) is 7.87. The average molecular weight is 357 g/mol. The molecule has 0 bridgehead atoms. The Bertz CT molecular complexity index is 823. The lowest BCUT2D eigenvalue weighted by molar-refractivity contribution is -0.384. The normalized spacial score (nSPS) is 19.6. The predicted octanol–water partition coefficient (Wildman–Crippen LogP) is 1.79. The zero-order chi connectivity index (χ0) is 18.5. The Balaban J connectivity index is 1.52. The molecule has 2 aromatic rings. The molecule has 8 nitrogen and oxygen atoms in total. The van der Waals surface area contributed by atoms with E-state index in [-0.39, 0.29) is 23.5 Å². The van der Waals surface area contributed by atoms with Crippen molar-refractivity contribution < 1.29 is 14.1 Å². The number of carbonyl (C=O) groups is 1. The zero-order valence-corrected chi connectivity index (χ0v) is 13.6. The Hall–Kier alpha value is -3.17. The molecule has 0 spiro atoms. The van der Waals surface area contributed by atoms with E-state index in [2.05, 4.69) is 21.4 Å². The van der Waals surface area contributed by atoms with Gasteiger partial charge in [-0.1, -0.05) is 12.1 Å². The number of carbonyl (C=O) groups excluding carboxylic acids is 1. The lowest BCUT2D eigenvalue weighted by Crippen LogP contribution is -2.41. The van der Waals surface area contributed by atoms with Crippen LogP contribution in [0.4, 0.5) is 10.1 Å². The van der Waals surface area contributed by atoms with Gasteiger partial charge < -0.3 is 0 Å². The summed E-state index contributed by atoms with van der Waals surface area (Å²) in [5.41, 5.74) is 9.80. The highest BCUT2D eigenvalue weighted by molar-refractivity contribution is 5.85. The van der Waals surface area contributed by atoms with Gasteiger partial charge in [-0.3, -0.25) is 14.9 Å². The molecule has 9 heteroatoms. The highest BCUT2D eigenvalue weighted by Gasteiger charge is 2.29. The van der Waals surface area contributed by atoms with Crippen LogP contribution in [0.15, 0.2) is 53.6 Å². The van der Waals surface area contributed by atoms with Crippen LogP contribution in [0.2, 0.25) is 0 Å².